The second-order valence-electron chi connectivity index (χ2n) is 8.47. The zero-order valence-corrected chi connectivity index (χ0v) is 17.6. The van der Waals surface area contributed by atoms with E-state index >= 15 is 0 Å². The van der Waals surface area contributed by atoms with Crippen LogP contribution in [-0.2, 0) is 17.8 Å². The second-order valence-corrected chi connectivity index (χ2v) is 8.47. The fraction of sp³-hybridized carbons (Fsp3) is 0.417. The Bertz CT molecular complexity index is 1130. The molecule has 2 aromatic heterocycles. The molecular formula is C24H27N5O2. The number of aryl methyl sites for hydroxylation is 1. The minimum atomic E-state index is 0.0274. The van der Waals surface area contributed by atoms with Gasteiger partial charge in [-0.2, -0.15) is 0 Å². The Balaban J connectivity index is 1.22. The van der Waals surface area contributed by atoms with Gasteiger partial charge in [-0.3, -0.25) is 24.0 Å². The van der Waals surface area contributed by atoms with Crippen molar-refractivity contribution in [3.05, 3.63) is 70.5 Å². The molecule has 2 fully saturated rings. The number of piperazine rings is 1. The number of pyridine rings is 1. The van der Waals surface area contributed by atoms with E-state index in [2.05, 4.69) is 16.0 Å². The van der Waals surface area contributed by atoms with Crippen molar-refractivity contribution in [2.45, 2.75) is 38.3 Å². The van der Waals surface area contributed by atoms with Gasteiger partial charge in [0.2, 0.25) is 5.91 Å². The van der Waals surface area contributed by atoms with Crippen molar-refractivity contribution < 1.29 is 4.79 Å². The highest BCUT2D eigenvalue weighted by Gasteiger charge is 2.29. The molecule has 2 aliphatic rings. The Morgan fingerprint density at radius 3 is 2.58 bits per heavy atom. The van der Waals surface area contributed by atoms with Crippen molar-refractivity contribution in [1.29, 1.82) is 0 Å². The monoisotopic (exact) mass is 417 g/mol. The van der Waals surface area contributed by atoms with Gasteiger partial charge in [-0.1, -0.05) is 18.2 Å². The molecule has 0 atom stereocenters. The molecule has 7 heteroatoms. The van der Waals surface area contributed by atoms with Gasteiger partial charge in [0.25, 0.3) is 5.56 Å². The Kier molecular flexibility index (Phi) is 5.51. The van der Waals surface area contributed by atoms with Gasteiger partial charge in [0, 0.05) is 64.0 Å². The molecule has 160 valence electrons. The van der Waals surface area contributed by atoms with E-state index in [0.29, 0.717) is 18.2 Å². The molecule has 3 heterocycles. The van der Waals surface area contributed by atoms with Crippen molar-refractivity contribution in [2.75, 3.05) is 26.2 Å². The Labute approximate surface area is 181 Å². The van der Waals surface area contributed by atoms with Crippen LogP contribution in [0.15, 0.2) is 53.6 Å². The summed E-state index contributed by atoms with van der Waals surface area (Å²) in [5.41, 5.74) is 1.94. The van der Waals surface area contributed by atoms with E-state index in [-0.39, 0.29) is 17.5 Å². The van der Waals surface area contributed by atoms with Crippen LogP contribution in [0.2, 0.25) is 0 Å². The van der Waals surface area contributed by atoms with Crippen LogP contribution in [0.4, 0.5) is 0 Å². The van der Waals surface area contributed by atoms with E-state index in [0.717, 1.165) is 56.9 Å². The number of para-hydroxylation sites is 1. The van der Waals surface area contributed by atoms with Gasteiger partial charge in [-0.15, -0.1) is 0 Å². The first-order chi connectivity index (χ1) is 15.2. The number of carbonyl (C=O) groups excluding carboxylic acids is 1. The molecule has 1 amide bonds. The zero-order valence-electron chi connectivity index (χ0n) is 17.6. The average molecular weight is 418 g/mol. The standard InChI is InChI=1S/C24H27N5O2/c30-23(28-14-12-27(13-15-28)17-18-4-3-11-25-16-18)10-9-22-26-21-6-2-1-5-20(21)24(31)29(22)19-7-8-19/h1-6,11,16,19H,7-10,12-15,17H2. The average Bonchev–Trinajstić information content (AvgIpc) is 3.64. The molecule has 1 aliphatic heterocycles. The highest BCUT2D eigenvalue weighted by Crippen LogP contribution is 2.35. The van der Waals surface area contributed by atoms with Crippen LogP contribution in [0.1, 0.15) is 36.7 Å². The van der Waals surface area contributed by atoms with Gasteiger partial charge in [0.05, 0.1) is 10.9 Å². The van der Waals surface area contributed by atoms with Crippen LogP contribution in [-0.4, -0.2) is 56.4 Å². The number of benzene rings is 1. The SMILES string of the molecule is O=C(CCc1nc2ccccc2c(=O)n1C1CC1)N1CCN(Cc2cccnc2)CC1. The third-order valence-electron chi connectivity index (χ3n) is 6.21. The lowest BCUT2D eigenvalue weighted by molar-refractivity contribution is -0.133. The number of hydrogen-bond acceptors (Lipinski definition) is 5. The number of aromatic nitrogens is 3. The summed E-state index contributed by atoms with van der Waals surface area (Å²) in [5.74, 6) is 0.889. The van der Waals surface area contributed by atoms with Crippen molar-refractivity contribution in [3.8, 4) is 0 Å². The molecule has 0 unspecified atom stereocenters. The van der Waals surface area contributed by atoms with Crippen LogP contribution >= 0.6 is 0 Å². The maximum atomic E-state index is 13.0. The minimum absolute atomic E-state index is 0.0274. The predicted molar refractivity (Wildman–Crippen MR) is 119 cm³/mol. The quantitative estimate of drug-likeness (QED) is 0.616. The van der Waals surface area contributed by atoms with Gasteiger partial charge < -0.3 is 4.90 Å². The topological polar surface area (TPSA) is 71.3 Å². The van der Waals surface area contributed by atoms with E-state index in [1.54, 1.807) is 6.20 Å². The summed E-state index contributed by atoms with van der Waals surface area (Å²) in [6, 6.07) is 11.8. The van der Waals surface area contributed by atoms with Gasteiger partial charge in [0.1, 0.15) is 5.82 Å². The second kappa shape index (κ2) is 8.59. The molecule has 0 N–H and O–H groups in total. The smallest absolute Gasteiger partial charge is 0.261 e. The lowest BCUT2D eigenvalue weighted by Crippen LogP contribution is -2.48. The molecule has 1 aliphatic carbocycles. The third-order valence-corrected chi connectivity index (χ3v) is 6.21. The van der Waals surface area contributed by atoms with Gasteiger partial charge in [-0.05, 0) is 36.6 Å². The lowest BCUT2D eigenvalue weighted by Gasteiger charge is -2.34. The summed E-state index contributed by atoms with van der Waals surface area (Å²) in [4.78, 5) is 39.1. The van der Waals surface area contributed by atoms with Gasteiger partial charge in [0.15, 0.2) is 0 Å². The zero-order chi connectivity index (χ0) is 21.2. The number of carbonyl (C=O) groups is 1. The molecule has 0 bridgehead atoms. The Morgan fingerprint density at radius 2 is 1.84 bits per heavy atom. The molecule has 3 aromatic rings. The summed E-state index contributed by atoms with van der Waals surface area (Å²) >= 11 is 0. The van der Waals surface area contributed by atoms with Crippen LogP contribution in [0.5, 0.6) is 0 Å². The molecule has 0 radical (unpaired) electrons. The van der Waals surface area contributed by atoms with Crippen molar-refractivity contribution in [3.63, 3.8) is 0 Å². The van der Waals surface area contributed by atoms with Crippen molar-refractivity contribution in [1.82, 2.24) is 24.3 Å². The molecule has 0 spiro atoms. The Hall–Kier alpha value is -3.06. The normalized spacial score (nSPS) is 17.2. The Morgan fingerprint density at radius 1 is 1.03 bits per heavy atom. The molecule has 31 heavy (non-hydrogen) atoms. The minimum Gasteiger partial charge on any atom is -0.340 e. The molecule has 7 nitrogen and oxygen atoms in total. The largest absolute Gasteiger partial charge is 0.340 e. The van der Waals surface area contributed by atoms with E-state index < -0.39 is 0 Å². The summed E-state index contributed by atoms with van der Waals surface area (Å²) in [7, 11) is 0. The first-order valence-corrected chi connectivity index (χ1v) is 11.1. The molecule has 1 aromatic carbocycles. The van der Waals surface area contributed by atoms with E-state index in [1.807, 2.05) is 46.0 Å². The summed E-state index contributed by atoms with van der Waals surface area (Å²) < 4.78 is 1.83. The first kappa shape index (κ1) is 19.9. The van der Waals surface area contributed by atoms with Crippen LogP contribution in [0, 0.1) is 0 Å². The van der Waals surface area contributed by atoms with Crippen LogP contribution < -0.4 is 5.56 Å². The summed E-state index contributed by atoms with van der Waals surface area (Å²) in [6.45, 7) is 4.06. The van der Waals surface area contributed by atoms with Gasteiger partial charge >= 0.3 is 0 Å². The first-order valence-electron chi connectivity index (χ1n) is 11.1. The number of nitrogens with zero attached hydrogens (tertiary/aromatic N) is 5. The number of amides is 1. The van der Waals surface area contributed by atoms with Crippen molar-refractivity contribution >= 4 is 16.8 Å². The van der Waals surface area contributed by atoms with E-state index in [9.17, 15) is 9.59 Å². The highest BCUT2D eigenvalue weighted by molar-refractivity contribution is 5.78. The predicted octanol–water partition coefficient (Wildman–Crippen LogP) is 2.40. The van der Waals surface area contributed by atoms with Gasteiger partial charge in [-0.25, -0.2) is 4.98 Å². The molecule has 5 rings (SSSR count). The number of rotatable bonds is 6. The van der Waals surface area contributed by atoms with Crippen molar-refractivity contribution in [2.24, 2.45) is 0 Å². The fourth-order valence-corrected chi connectivity index (χ4v) is 4.36. The maximum absolute atomic E-state index is 13.0. The number of hydrogen-bond donors (Lipinski definition) is 0. The molecule has 1 saturated heterocycles. The maximum Gasteiger partial charge on any atom is 0.261 e. The summed E-state index contributed by atoms with van der Waals surface area (Å²) in [6.07, 6.45) is 6.60. The highest BCUT2D eigenvalue weighted by atomic mass is 16.2. The van der Waals surface area contributed by atoms with Crippen LogP contribution in [0.25, 0.3) is 10.9 Å². The van der Waals surface area contributed by atoms with Crippen LogP contribution in [0.3, 0.4) is 0 Å². The number of fused-ring (bicyclic) bond motifs is 1. The molecule has 1 saturated carbocycles. The summed E-state index contributed by atoms with van der Waals surface area (Å²) in [5, 5.41) is 0.661. The van der Waals surface area contributed by atoms with E-state index in [1.165, 1.54) is 5.56 Å². The fourth-order valence-electron chi connectivity index (χ4n) is 4.36. The lowest BCUT2D eigenvalue weighted by atomic mass is 10.2. The molecular weight excluding hydrogens is 390 g/mol. The third kappa shape index (κ3) is 4.37. The van der Waals surface area contributed by atoms with E-state index in [4.69, 9.17) is 4.98 Å².